The number of ether oxygens (including phenoxy) is 2. The van der Waals surface area contributed by atoms with Crippen LogP contribution in [0.15, 0.2) is 30.3 Å². The van der Waals surface area contributed by atoms with Gasteiger partial charge in [-0.1, -0.05) is 37.3 Å². The Hall–Kier alpha value is -0.940. The summed E-state index contributed by atoms with van der Waals surface area (Å²) in [5.41, 5.74) is 1.17. The van der Waals surface area contributed by atoms with Gasteiger partial charge in [-0.15, -0.1) is 0 Å². The summed E-state index contributed by atoms with van der Waals surface area (Å²) in [5.74, 6) is 0. The molecule has 1 N–H and O–H groups in total. The second kappa shape index (κ2) is 8.37. The smallest absolute Gasteiger partial charge is 0.0900 e. The van der Waals surface area contributed by atoms with Crippen molar-refractivity contribution >= 4 is 0 Å². The Kier molecular flexibility index (Phi) is 6.47. The number of hydrogen-bond donors (Lipinski definition) is 1. The summed E-state index contributed by atoms with van der Waals surface area (Å²) in [7, 11) is 0. The van der Waals surface area contributed by atoms with Crippen molar-refractivity contribution in [2.45, 2.75) is 25.6 Å². The van der Waals surface area contributed by atoms with E-state index >= 15 is 0 Å². The third-order valence-electron chi connectivity index (χ3n) is 3.60. The molecule has 0 radical (unpaired) electrons. The number of morpholine rings is 1. The normalized spacial score (nSPS) is 19.7. The molecule has 4 heteroatoms. The first kappa shape index (κ1) is 15.4. The predicted molar refractivity (Wildman–Crippen MR) is 78.7 cm³/mol. The topological polar surface area (TPSA) is 41.9 Å². The van der Waals surface area contributed by atoms with Gasteiger partial charge in [0, 0.05) is 19.6 Å². The van der Waals surface area contributed by atoms with Gasteiger partial charge in [-0.05, 0) is 12.0 Å². The van der Waals surface area contributed by atoms with Crippen LogP contribution in [0.4, 0.5) is 0 Å². The van der Waals surface area contributed by atoms with E-state index in [1.165, 1.54) is 5.56 Å². The largest absolute Gasteiger partial charge is 0.389 e. The van der Waals surface area contributed by atoms with E-state index in [4.69, 9.17) is 9.47 Å². The molecule has 1 aromatic carbocycles. The fourth-order valence-electron chi connectivity index (χ4n) is 2.48. The molecule has 1 aliphatic rings. The number of nitrogens with zero attached hydrogens (tertiary/aromatic N) is 1. The Labute approximate surface area is 121 Å². The van der Waals surface area contributed by atoms with Crippen LogP contribution in [-0.2, 0) is 9.47 Å². The molecule has 2 rings (SSSR count). The van der Waals surface area contributed by atoms with E-state index in [1.54, 1.807) is 0 Å². The van der Waals surface area contributed by atoms with Gasteiger partial charge in [-0.3, -0.25) is 4.90 Å². The van der Waals surface area contributed by atoms with Crippen LogP contribution in [-0.4, -0.2) is 55.6 Å². The van der Waals surface area contributed by atoms with Crippen LogP contribution in [0.5, 0.6) is 0 Å². The van der Waals surface area contributed by atoms with Gasteiger partial charge in [-0.2, -0.15) is 0 Å². The summed E-state index contributed by atoms with van der Waals surface area (Å²) in [4.78, 5) is 2.22. The van der Waals surface area contributed by atoms with Crippen LogP contribution in [0.1, 0.15) is 25.0 Å². The van der Waals surface area contributed by atoms with E-state index in [0.717, 1.165) is 32.7 Å². The maximum absolute atomic E-state index is 10.1. The molecule has 0 aliphatic carbocycles. The van der Waals surface area contributed by atoms with Gasteiger partial charge in [-0.25, -0.2) is 0 Å². The molecule has 20 heavy (non-hydrogen) atoms. The van der Waals surface area contributed by atoms with Crippen LogP contribution >= 0.6 is 0 Å². The molecule has 4 nitrogen and oxygen atoms in total. The number of aliphatic hydroxyl groups excluding tert-OH is 1. The van der Waals surface area contributed by atoms with Crippen molar-refractivity contribution in [2.24, 2.45) is 0 Å². The Bertz CT molecular complexity index is 365. The molecule has 0 saturated carbocycles. The van der Waals surface area contributed by atoms with E-state index in [2.05, 4.69) is 24.0 Å². The third-order valence-corrected chi connectivity index (χ3v) is 3.60. The van der Waals surface area contributed by atoms with Crippen LogP contribution in [0.25, 0.3) is 0 Å². The van der Waals surface area contributed by atoms with Gasteiger partial charge in [0.25, 0.3) is 0 Å². The van der Waals surface area contributed by atoms with E-state index < -0.39 is 6.10 Å². The van der Waals surface area contributed by atoms with Gasteiger partial charge in [0.1, 0.15) is 0 Å². The highest BCUT2D eigenvalue weighted by Crippen LogP contribution is 2.20. The molecule has 1 aliphatic heterocycles. The SMILES string of the molecule is CC[C@@H](OC[C@@H](O)CN1CCOCC1)c1ccccc1. The highest BCUT2D eigenvalue weighted by Gasteiger charge is 2.17. The summed E-state index contributed by atoms with van der Waals surface area (Å²) in [6.07, 6.45) is 0.537. The highest BCUT2D eigenvalue weighted by atomic mass is 16.5. The third kappa shape index (κ3) is 4.87. The first-order chi connectivity index (χ1) is 9.79. The molecule has 112 valence electrons. The lowest BCUT2D eigenvalue weighted by molar-refractivity contribution is -0.0378. The molecular formula is C16H25NO3. The maximum Gasteiger partial charge on any atom is 0.0900 e. The van der Waals surface area contributed by atoms with Crippen LogP contribution in [0.3, 0.4) is 0 Å². The van der Waals surface area contributed by atoms with Gasteiger partial charge >= 0.3 is 0 Å². The van der Waals surface area contributed by atoms with Gasteiger partial charge < -0.3 is 14.6 Å². The average Bonchev–Trinajstić information content (AvgIpc) is 2.50. The number of rotatable bonds is 7. The van der Waals surface area contributed by atoms with E-state index in [9.17, 15) is 5.11 Å². The lowest BCUT2D eigenvalue weighted by Gasteiger charge is -2.29. The molecule has 1 heterocycles. The first-order valence-electron chi connectivity index (χ1n) is 7.44. The van der Waals surface area contributed by atoms with Crippen molar-refractivity contribution in [3.05, 3.63) is 35.9 Å². The molecule has 0 bridgehead atoms. The first-order valence-corrected chi connectivity index (χ1v) is 7.44. The predicted octanol–water partition coefficient (Wildman–Crippen LogP) is 1.85. The van der Waals surface area contributed by atoms with E-state index in [-0.39, 0.29) is 6.10 Å². The zero-order chi connectivity index (χ0) is 14.2. The van der Waals surface area contributed by atoms with Crippen LogP contribution < -0.4 is 0 Å². The Morgan fingerprint density at radius 3 is 2.60 bits per heavy atom. The highest BCUT2D eigenvalue weighted by molar-refractivity contribution is 5.17. The monoisotopic (exact) mass is 279 g/mol. The molecule has 1 saturated heterocycles. The molecule has 0 spiro atoms. The second-order valence-electron chi connectivity index (χ2n) is 5.21. The zero-order valence-electron chi connectivity index (χ0n) is 12.2. The Morgan fingerprint density at radius 2 is 1.95 bits per heavy atom. The fraction of sp³-hybridized carbons (Fsp3) is 0.625. The van der Waals surface area contributed by atoms with Crippen molar-refractivity contribution < 1.29 is 14.6 Å². The standard InChI is InChI=1S/C16H25NO3/c1-2-16(14-6-4-3-5-7-14)20-13-15(18)12-17-8-10-19-11-9-17/h3-7,15-16,18H,2,8-13H2,1H3/t15-,16+/m0/s1. The molecule has 0 amide bonds. The zero-order valence-corrected chi connectivity index (χ0v) is 12.2. The lowest BCUT2D eigenvalue weighted by atomic mass is 10.1. The molecule has 0 unspecified atom stereocenters. The van der Waals surface area contributed by atoms with Gasteiger partial charge in [0.15, 0.2) is 0 Å². The Morgan fingerprint density at radius 1 is 1.25 bits per heavy atom. The number of aliphatic hydroxyl groups is 1. The summed E-state index contributed by atoms with van der Waals surface area (Å²) in [6.45, 7) is 6.45. The van der Waals surface area contributed by atoms with Crippen molar-refractivity contribution in [3.8, 4) is 0 Å². The summed E-state index contributed by atoms with van der Waals surface area (Å²) in [5, 5.41) is 10.1. The van der Waals surface area contributed by atoms with Gasteiger partial charge in [0.2, 0.25) is 0 Å². The minimum atomic E-state index is -0.439. The van der Waals surface area contributed by atoms with Crippen molar-refractivity contribution in [1.29, 1.82) is 0 Å². The Balaban J connectivity index is 1.75. The lowest BCUT2D eigenvalue weighted by Crippen LogP contribution is -2.42. The average molecular weight is 279 g/mol. The summed E-state index contributed by atoms with van der Waals surface area (Å²) < 4.78 is 11.2. The molecule has 1 fully saturated rings. The maximum atomic E-state index is 10.1. The number of β-amino-alcohol motifs (C(OH)–C–C–N with tert-alkyl or cyclic N) is 1. The van der Waals surface area contributed by atoms with E-state index in [0.29, 0.717) is 13.2 Å². The molecule has 0 aromatic heterocycles. The minimum Gasteiger partial charge on any atom is -0.389 e. The van der Waals surface area contributed by atoms with Crippen molar-refractivity contribution in [2.75, 3.05) is 39.5 Å². The second-order valence-corrected chi connectivity index (χ2v) is 5.21. The quantitative estimate of drug-likeness (QED) is 0.827. The molecular weight excluding hydrogens is 254 g/mol. The minimum absolute atomic E-state index is 0.0653. The van der Waals surface area contributed by atoms with Crippen molar-refractivity contribution in [3.63, 3.8) is 0 Å². The van der Waals surface area contributed by atoms with Crippen LogP contribution in [0, 0.1) is 0 Å². The van der Waals surface area contributed by atoms with E-state index in [1.807, 2.05) is 18.2 Å². The van der Waals surface area contributed by atoms with Gasteiger partial charge in [0.05, 0.1) is 32.0 Å². The van der Waals surface area contributed by atoms with Crippen molar-refractivity contribution in [1.82, 2.24) is 4.90 Å². The fourth-order valence-corrected chi connectivity index (χ4v) is 2.48. The van der Waals surface area contributed by atoms with Crippen LogP contribution in [0.2, 0.25) is 0 Å². The summed E-state index contributed by atoms with van der Waals surface area (Å²) >= 11 is 0. The number of hydrogen-bond acceptors (Lipinski definition) is 4. The summed E-state index contributed by atoms with van der Waals surface area (Å²) in [6, 6.07) is 10.2. The molecule has 1 aromatic rings. The number of benzene rings is 1. The molecule has 2 atom stereocenters.